The van der Waals surface area contributed by atoms with Crippen molar-refractivity contribution in [1.29, 1.82) is 0 Å². The first-order valence-corrected chi connectivity index (χ1v) is 23.4. The third-order valence-electron chi connectivity index (χ3n) is 15.4. The van der Waals surface area contributed by atoms with Crippen LogP contribution < -0.4 is 0 Å². The predicted molar refractivity (Wildman–Crippen MR) is 274 cm³/mol. The van der Waals surface area contributed by atoms with E-state index in [2.05, 4.69) is 76.7 Å². The van der Waals surface area contributed by atoms with Crippen LogP contribution in [0.5, 0.6) is 0 Å². The molecule has 6 aliphatic rings. The number of nitrogens with one attached hydrogen (secondary N) is 2. The second kappa shape index (κ2) is 22.0. The van der Waals surface area contributed by atoms with Crippen molar-refractivity contribution >= 4 is 27.8 Å². The fraction of sp³-hybridized carbons (Fsp3) is 0.574. The van der Waals surface area contributed by atoms with Crippen molar-refractivity contribution in [2.75, 3.05) is 53.5 Å². The topological polar surface area (TPSA) is 173 Å². The van der Waals surface area contributed by atoms with Gasteiger partial charge in [0, 0.05) is 104 Å². The standard InChI is InChI=1S/C25H32N2O4.C18H25NO3.C9H11NO3.2CH4.FH.H3P/c1-15-12-24-14-27(5)9-11-30-25(24,20-7-10-29-22(15)20)8-6-19(24)18(4)31-23(28)21-16(2)13-26-17(21)3;1-12-10-17-11-19(3)7-9-22-18(17,6-4-14(17)13(2)20)15-5-8-21-16(12)15;1-5-4-10-6(2)8(5)9(12)13-7(3)11;;;;/h6-7,10,13,15,18,26H,8-9,11-12,14H2,1-5H3;4-5,8,12-13,20H,6-7,9-11H2,1-3H3;4,10H,1-3H3;2*1H4;1H;1H3/t15-,18-,24+,25+;12-,13-,17+,18+;;;;;/m11...../s1. The van der Waals surface area contributed by atoms with Crippen LogP contribution in [0, 0.1) is 38.5 Å². The lowest BCUT2D eigenvalue weighted by molar-refractivity contribution is -0.135. The van der Waals surface area contributed by atoms with Gasteiger partial charge in [0.05, 0.1) is 43.0 Å². The number of aliphatic hydroxyl groups is 1. The van der Waals surface area contributed by atoms with Crippen molar-refractivity contribution in [2.24, 2.45) is 10.8 Å². The number of ether oxygens (including phenoxy) is 4. The Labute approximate surface area is 417 Å². The van der Waals surface area contributed by atoms with Crippen LogP contribution in [-0.4, -0.2) is 108 Å². The number of aliphatic hydroxyl groups excluding tert-OH is 1. The summed E-state index contributed by atoms with van der Waals surface area (Å²) < 4.78 is 35.5. The van der Waals surface area contributed by atoms with Crippen LogP contribution in [0.15, 0.2) is 69.2 Å². The molecule has 0 aromatic carbocycles. The van der Waals surface area contributed by atoms with Gasteiger partial charge in [-0.15, -0.1) is 0 Å². The van der Waals surface area contributed by atoms with Crippen molar-refractivity contribution in [1.82, 2.24) is 19.8 Å². The molecule has 0 radical (unpaired) electrons. The maximum Gasteiger partial charge on any atom is 0.347 e. The van der Waals surface area contributed by atoms with Crippen LogP contribution in [0.1, 0.15) is 153 Å². The predicted octanol–water partition coefficient (Wildman–Crippen LogP) is 9.91. The fourth-order valence-electron chi connectivity index (χ4n) is 12.8. The van der Waals surface area contributed by atoms with E-state index in [1.165, 1.54) is 23.6 Å². The molecule has 4 aromatic heterocycles. The van der Waals surface area contributed by atoms with Crippen molar-refractivity contribution < 1.29 is 52.0 Å². The Balaban J connectivity index is 0.000000240. The van der Waals surface area contributed by atoms with Gasteiger partial charge in [0.2, 0.25) is 0 Å². The van der Waals surface area contributed by atoms with Gasteiger partial charge in [-0.1, -0.05) is 40.9 Å². The number of carbonyl (C=O) groups excluding carboxylic acids is 3. The third-order valence-corrected chi connectivity index (χ3v) is 15.4. The molecule has 4 aromatic rings. The molecule has 2 aliphatic heterocycles. The number of halogens is 1. The van der Waals surface area contributed by atoms with E-state index < -0.39 is 23.6 Å². The average molecular weight is 995 g/mol. The zero-order chi connectivity index (χ0) is 47.5. The second-order valence-electron chi connectivity index (χ2n) is 19.9. The van der Waals surface area contributed by atoms with E-state index in [1.807, 2.05) is 33.9 Å². The lowest BCUT2D eigenvalue weighted by atomic mass is 9.58. The first-order valence-electron chi connectivity index (χ1n) is 23.4. The summed E-state index contributed by atoms with van der Waals surface area (Å²) in [5, 5.41) is 10.4. The van der Waals surface area contributed by atoms with E-state index >= 15 is 0 Å². The van der Waals surface area contributed by atoms with Crippen molar-refractivity contribution in [3.8, 4) is 0 Å². The molecule has 6 heterocycles. The van der Waals surface area contributed by atoms with Gasteiger partial charge in [-0.05, 0) is 103 Å². The molecule has 0 spiro atoms. The number of hydrogen-bond acceptors (Lipinski definition) is 12. The number of nitrogens with zero attached hydrogens (tertiary/aromatic N) is 2. The summed E-state index contributed by atoms with van der Waals surface area (Å²) in [6, 6.07) is 4.18. The molecule has 4 aliphatic carbocycles. The molecule has 70 heavy (non-hydrogen) atoms. The Bertz CT molecular complexity index is 2520. The number of hydrogen-bond donors (Lipinski definition) is 3. The Morgan fingerprint density at radius 3 is 1.59 bits per heavy atom. The molecule has 10 rings (SSSR count). The van der Waals surface area contributed by atoms with Gasteiger partial charge >= 0.3 is 17.9 Å². The zero-order valence-electron chi connectivity index (χ0n) is 41.6. The normalized spacial score (nSPS) is 28.1. The van der Waals surface area contributed by atoms with Crippen molar-refractivity contribution in [3.63, 3.8) is 0 Å². The molecular weight excluding hydrogens is 915 g/mol. The minimum atomic E-state index is -0.594. The van der Waals surface area contributed by atoms with Crippen molar-refractivity contribution in [2.45, 2.75) is 138 Å². The highest BCUT2D eigenvalue weighted by atomic mass is 31.0. The highest BCUT2D eigenvalue weighted by Gasteiger charge is 2.66. The Morgan fingerprint density at radius 1 is 0.743 bits per heavy atom. The zero-order valence-corrected chi connectivity index (χ0v) is 43.0. The maximum atomic E-state index is 13.1. The number of aromatic amines is 2. The lowest BCUT2D eigenvalue weighted by Crippen LogP contribution is -2.54. The minimum absolute atomic E-state index is 0. The number of aromatic nitrogens is 2. The van der Waals surface area contributed by atoms with Crippen LogP contribution in [0.25, 0.3) is 0 Å². The van der Waals surface area contributed by atoms with Crippen LogP contribution in [0.3, 0.4) is 0 Å². The molecular formula is C54H80FN4O10P. The number of H-pyrrole nitrogens is 2. The third kappa shape index (κ3) is 9.47. The molecule has 9 atom stereocenters. The van der Waals surface area contributed by atoms with E-state index in [9.17, 15) is 19.5 Å². The van der Waals surface area contributed by atoms with Gasteiger partial charge in [-0.3, -0.25) is 9.50 Å². The largest absolute Gasteiger partial charge is 0.469 e. The fourth-order valence-corrected chi connectivity index (χ4v) is 12.8. The van der Waals surface area contributed by atoms with E-state index in [0.29, 0.717) is 29.3 Å². The molecule has 16 heteroatoms. The van der Waals surface area contributed by atoms with Gasteiger partial charge in [0.1, 0.15) is 28.8 Å². The Hall–Kier alpha value is -4.63. The molecule has 0 saturated carbocycles. The van der Waals surface area contributed by atoms with Crippen LogP contribution in [-0.2, 0) is 34.9 Å². The van der Waals surface area contributed by atoms with Crippen LogP contribution in [0.4, 0.5) is 4.70 Å². The van der Waals surface area contributed by atoms with E-state index in [-0.39, 0.29) is 63.9 Å². The summed E-state index contributed by atoms with van der Waals surface area (Å²) in [5.41, 5.74) is 7.81. The number of rotatable bonds is 5. The van der Waals surface area contributed by atoms with Gasteiger partial charge in [-0.2, -0.15) is 9.90 Å². The Morgan fingerprint density at radius 2 is 1.17 bits per heavy atom. The molecule has 1 unspecified atom stereocenters. The number of aryl methyl sites for hydroxylation is 4. The van der Waals surface area contributed by atoms with E-state index in [1.54, 1.807) is 32.6 Å². The summed E-state index contributed by atoms with van der Waals surface area (Å²) >= 11 is 0. The highest BCUT2D eigenvalue weighted by molar-refractivity contribution is 6.92. The highest BCUT2D eigenvalue weighted by Crippen LogP contribution is 2.66. The van der Waals surface area contributed by atoms with Gasteiger partial charge in [0.25, 0.3) is 0 Å². The number of esters is 3. The first kappa shape index (κ1) is 57.9. The quantitative estimate of drug-likeness (QED) is 0.0749. The van der Waals surface area contributed by atoms with E-state index in [4.69, 9.17) is 23.0 Å². The summed E-state index contributed by atoms with van der Waals surface area (Å²) in [6.45, 7) is 21.9. The number of fused-ring (bicyclic) bond motifs is 2. The average Bonchev–Trinajstić information content (AvgIpc) is 4.09. The second-order valence-corrected chi connectivity index (χ2v) is 19.9. The minimum Gasteiger partial charge on any atom is -0.469 e. The van der Waals surface area contributed by atoms with Gasteiger partial charge in [-0.25, -0.2) is 9.59 Å². The summed E-state index contributed by atoms with van der Waals surface area (Å²) in [6.07, 6.45) is 14.4. The molecule has 3 N–H and O–H groups in total. The summed E-state index contributed by atoms with van der Waals surface area (Å²) in [4.78, 5) is 45.6. The number of furan rings is 2. The van der Waals surface area contributed by atoms with Crippen LogP contribution in [0.2, 0.25) is 0 Å². The number of carbonyl (C=O) groups is 3. The molecule has 14 nitrogen and oxygen atoms in total. The van der Waals surface area contributed by atoms with Crippen molar-refractivity contribution in [3.05, 3.63) is 117 Å². The summed E-state index contributed by atoms with van der Waals surface area (Å²) in [7, 11) is 4.31. The molecule has 388 valence electrons. The van der Waals surface area contributed by atoms with Gasteiger partial charge in [0.15, 0.2) is 0 Å². The van der Waals surface area contributed by atoms with Crippen LogP contribution >= 0.6 is 9.90 Å². The SMILES string of the molecule is C.C.CC(=O)OC(=O)c1c(C)c[nH]c1C.C[C@@H]1C[C@@]23CN(C)CCO[C@@]2(CC=C3[C@@H](C)O)c2ccoc21.Cc1c[nH]c(C)c1C(=O)O[C@H](C)C1=CC[C@@]23OCCN(C)C[C@@]12C[C@@H](C)c1occc13.F.P. The molecule has 2 saturated heterocycles. The molecule has 0 amide bonds. The first-order chi connectivity index (χ1) is 31.3. The van der Waals surface area contributed by atoms with Gasteiger partial charge < -0.3 is 52.7 Å². The lowest BCUT2D eigenvalue weighted by Gasteiger charge is -2.52. The Kier molecular flexibility index (Phi) is 18.2. The summed E-state index contributed by atoms with van der Waals surface area (Å²) in [5.74, 6) is 1.27. The monoisotopic (exact) mass is 995 g/mol. The number of likely N-dealkylation sites (N-methyl/N-ethyl adjacent to an activating group) is 2. The molecule has 2 fully saturated rings. The molecule has 0 bridgehead atoms. The smallest absolute Gasteiger partial charge is 0.347 e. The maximum absolute atomic E-state index is 13.1. The van der Waals surface area contributed by atoms with E-state index in [0.717, 1.165) is 92.4 Å².